The van der Waals surface area contributed by atoms with Gasteiger partial charge >= 0.3 is 0 Å². The monoisotopic (exact) mass is 292 g/mol. The van der Waals surface area contributed by atoms with Gasteiger partial charge in [0.1, 0.15) is 0 Å². The van der Waals surface area contributed by atoms with Gasteiger partial charge in [-0.25, -0.2) is 0 Å². The van der Waals surface area contributed by atoms with E-state index in [2.05, 4.69) is 10.3 Å². The molecule has 3 amide bonds. The van der Waals surface area contributed by atoms with Crippen molar-refractivity contribution in [2.75, 3.05) is 18.4 Å². The van der Waals surface area contributed by atoms with Crippen LogP contribution in [-0.4, -0.2) is 51.4 Å². The minimum atomic E-state index is -1.79. The van der Waals surface area contributed by atoms with Gasteiger partial charge in [0.15, 0.2) is 5.60 Å². The summed E-state index contributed by atoms with van der Waals surface area (Å²) < 4.78 is 0. The highest BCUT2D eigenvalue weighted by Gasteiger charge is 2.46. The van der Waals surface area contributed by atoms with Gasteiger partial charge in [-0.2, -0.15) is 0 Å². The first-order valence-electron chi connectivity index (χ1n) is 6.41. The lowest BCUT2D eigenvalue weighted by molar-refractivity contribution is -0.147. The van der Waals surface area contributed by atoms with Crippen molar-refractivity contribution < 1.29 is 19.5 Å². The van der Waals surface area contributed by atoms with Crippen molar-refractivity contribution in [2.45, 2.75) is 18.4 Å². The molecule has 1 unspecified atom stereocenters. The van der Waals surface area contributed by atoms with Crippen LogP contribution in [0.1, 0.15) is 12.8 Å². The largest absolute Gasteiger partial charge is 0.379 e. The predicted molar refractivity (Wildman–Crippen MR) is 72.8 cm³/mol. The Morgan fingerprint density at radius 2 is 2.10 bits per heavy atom. The van der Waals surface area contributed by atoms with E-state index in [0.717, 1.165) is 0 Å². The summed E-state index contributed by atoms with van der Waals surface area (Å²) in [7, 11) is 0. The van der Waals surface area contributed by atoms with Crippen molar-refractivity contribution >= 4 is 23.4 Å². The Bertz CT molecular complexity index is 563. The average Bonchev–Trinajstić information content (AvgIpc) is 2.67. The van der Waals surface area contributed by atoms with Crippen LogP contribution in [0.4, 0.5) is 5.69 Å². The number of pyridine rings is 1. The zero-order valence-electron chi connectivity index (χ0n) is 11.3. The number of nitrogens with zero attached hydrogens (tertiary/aromatic N) is 2. The number of carbonyl (C=O) groups is 3. The molecule has 1 saturated heterocycles. The van der Waals surface area contributed by atoms with Crippen molar-refractivity contribution in [3.63, 3.8) is 0 Å². The molecule has 8 heteroatoms. The van der Waals surface area contributed by atoms with E-state index < -0.39 is 29.7 Å². The topological polar surface area (TPSA) is 126 Å². The first-order valence-corrected chi connectivity index (χ1v) is 6.41. The van der Waals surface area contributed by atoms with Gasteiger partial charge in [-0.15, -0.1) is 0 Å². The smallest absolute Gasteiger partial charge is 0.255 e. The van der Waals surface area contributed by atoms with E-state index in [1.54, 1.807) is 12.1 Å². The van der Waals surface area contributed by atoms with Crippen molar-refractivity contribution in [3.05, 3.63) is 24.5 Å². The van der Waals surface area contributed by atoms with Gasteiger partial charge in [0.2, 0.25) is 11.8 Å². The molecule has 2 rings (SSSR count). The molecule has 4 N–H and O–H groups in total. The first-order chi connectivity index (χ1) is 9.90. The van der Waals surface area contributed by atoms with E-state index in [0.29, 0.717) is 5.69 Å². The summed E-state index contributed by atoms with van der Waals surface area (Å²) in [6, 6.07) is 3.24. The van der Waals surface area contributed by atoms with Crippen LogP contribution in [0.15, 0.2) is 24.5 Å². The molecule has 0 spiro atoms. The molecule has 8 nitrogen and oxygen atoms in total. The number of aliphatic hydroxyl groups is 1. The van der Waals surface area contributed by atoms with Crippen LogP contribution in [0.25, 0.3) is 0 Å². The molecule has 1 aliphatic heterocycles. The number of nitrogens with two attached hydrogens (primary N) is 1. The number of aromatic nitrogens is 1. The summed E-state index contributed by atoms with van der Waals surface area (Å²) in [4.78, 5) is 39.8. The van der Waals surface area contributed by atoms with Crippen molar-refractivity contribution in [1.29, 1.82) is 0 Å². The number of anilines is 1. The number of amides is 3. The van der Waals surface area contributed by atoms with Crippen LogP contribution >= 0.6 is 0 Å². The van der Waals surface area contributed by atoms with E-state index in [9.17, 15) is 19.5 Å². The molecule has 1 aromatic rings. The molecule has 1 fully saturated rings. The zero-order valence-corrected chi connectivity index (χ0v) is 11.3. The maximum Gasteiger partial charge on any atom is 0.255 e. The second-order valence-electron chi connectivity index (χ2n) is 4.94. The number of hydrogen-bond acceptors (Lipinski definition) is 5. The SMILES string of the molecule is NC(=O)CC1(O)CCN(CC(=O)Nc2ccncc2)C1=O. The van der Waals surface area contributed by atoms with Gasteiger partial charge in [-0.05, 0) is 12.1 Å². The Morgan fingerprint density at radius 1 is 1.43 bits per heavy atom. The lowest BCUT2D eigenvalue weighted by atomic mass is 9.98. The lowest BCUT2D eigenvalue weighted by Crippen LogP contribution is -2.44. The first kappa shape index (κ1) is 14.9. The summed E-state index contributed by atoms with van der Waals surface area (Å²) in [5, 5.41) is 12.7. The van der Waals surface area contributed by atoms with Gasteiger partial charge in [0.25, 0.3) is 5.91 Å². The molecular weight excluding hydrogens is 276 g/mol. The Kier molecular flexibility index (Phi) is 4.18. The molecule has 1 atom stereocenters. The highest BCUT2D eigenvalue weighted by atomic mass is 16.3. The fourth-order valence-corrected chi connectivity index (χ4v) is 2.23. The summed E-state index contributed by atoms with van der Waals surface area (Å²) in [6.45, 7) is 0.00854. The highest BCUT2D eigenvalue weighted by molar-refractivity contribution is 5.98. The van der Waals surface area contributed by atoms with Crippen molar-refractivity contribution in [2.24, 2.45) is 5.73 Å². The van der Waals surface area contributed by atoms with Gasteiger partial charge in [-0.3, -0.25) is 19.4 Å². The van der Waals surface area contributed by atoms with E-state index in [1.807, 2.05) is 0 Å². The number of carbonyl (C=O) groups excluding carboxylic acids is 3. The van der Waals surface area contributed by atoms with Crippen LogP contribution in [0.3, 0.4) is 0 Å². The van der Waals surface area contributed by atoms with Crippen LogP contribution in [0.5, 0.6) is 0 Å². The molecule has 21 heavy (non-hydrogen) atoms. The van der Waals surface area contributed by atoms with E-state index >= 15 is 0 Å². The number of hydrogen-bond donors (Lipinski definition) is 3. The van der Waals surface area contributed by atoms with Crippen LogP contribution < -0.4 is 11.1 Å². The third-order valence-electron chi connectivity index (χ3n) is 3.25. The zero-order chi connectivity index (χ0) is 15.5. The molecule has 0 bridgehead atoms. The standard InChI is InChI=1S/C13H16N4O4/c14-10(18)7-13(21)3-6-17(12(13)20)8-11(19)16-9-1-4-15-5-2-9/h1-2,4-5,21H,3,6-8H2,(H2,14,18)(H,15,16,19). The average molecular weight is 292 g/mol. The number of likely N-dealkylation sites (tertiary alicyclic amines) is 1. The molecule has 0 saturated carbocycles. The minimum Gasteiger partial charge on any atom is -0.379 e. The quantitative estimate of drug-likeness (QED) is 0.632. The van der Waals surface area contributed by atoms with Gasteiger partial charge < -0.3 is 21.1 Å². The van der Waals surface area contributed by atoms with Crippen molar-refractivity contribution in [3.8, 4) is 0 Å². The summed E-state index contributed by atoms with van der Waals surface area (Å²) in [5.74, 6) is -1.79. The van der Waals surface area contributed by atoms with E-state index in [-0.39, 0.29) is 19.5 Å². The molecular formula is C13H16N4O4. The fraction of sp³-hybridized carbons (Fsp3) is 0.385. The second-order valence-corrected chi connectivity index (χ2v) is 4.94. The lowest BCUT2D eigenvalue weighted by Gasteiger charge is -2.20. The highest BCUT2D eigenvalue weighted by Crippen LogP contribution is 2.25. The van der Waals surface area contributed by atoms with Crippen molar-refractivity contribution in [1.82, 2.24) is 9.88 Å². The number of nitrogens with one attached hydrogen (secondary N) is 1. The third kappa shape index (κ3) is 3.54. The van der Waals surface area contributed by atoms with Gasteiger partial charge in [0, 0.05) is 31.0 Å². The molecule has 0 aromatic carbocycles. The molecule has 0 radical (unpaired) electrons. The molecule has 2 heterocycles. The third-order valence-corrected chi connectivity index (χ3v) is 3.25. The number of rotatable bonds is 5. The molecule has 1 aliphatic rings. The van der Waals surface area contributed by atoms with E-state index in [4.69, 9.17) is 5.73 Å². The normalized spacial score (nSPS) is 21.4. The summed E-state index contributed by atoms with van der Waals surface area (Å²) in [5.41, 5.74) is 3.79. The van der Waals surface area contributed by atoms with Gasteiger partial charge in [0.05, 0.1) is 13.0 Å². The molecule has 112 valence electrons. The fourth-order valence-electron chi connectivity index (χ4n) is 2.23. The maximum absolute atomic E-state index is 12.0. The maximum atomic E-state index is 12.0. The Balaban J connectivity index is 1.94. The molecule has 1 aromatic heterocycles. The summed E-state index contributed by atoms with van der Waals surface area (Å²) in [6.07, 6.45) is 2.70. The minimum absolute atomic E-state index is 0.0807. The number of primary amides is 1. The van der Waals surface area contributed by atoms with Gasteiger partial charge in [-0.1, -0.05) is 0 Å². The Hall–Kier alpha value is -2.48. The summed E-state index contributed by atoms with van der Waals surface area (Å²) >= 11 is 0. The second kappa shape index (κ2) is 5.88. The Morgan fingerprint density at radius 3 is 2.71 bits per heavy atom. The predicted octanol–water partition coefficient (Wildman–Crippen LogP) is -1.14. The van der Waals surface area contributed by atoms with Crippen LogP contribution in [-0.2, 0) is 14.4 Å². The van der Waals surface area contributed by atoms with Crippen LogP contribution in [0.2, 0.25) is 0 Å². The van der Waals surface area contributed by atoms with E-state index in [1.165, 1.54) is 17.3 Å². The molecule has 0 aliphatic carbocycles. The Labute approximate surface area is 120 Å². The van der Waals surface area contributed by atoms with Crippen LogP contribution in [0, 0.1) is 0 Å².